The van der Waals surface area contributed by atoms with Gasteiger partial charge in [-0.3, -0.25) is 0 Å². The molecule has 0 bridgehead atoms. The highest BCUT2D eigenvalue weighted by Crippen LogP contribution is 2.19. The number of para-hydroxylation sites is 1. The molecule has 1 aromatic heterocycles. The number of aliphatic hydroxyl groups excluding tert-OH is 1. The minimum atomic E-state index is -0.223. The Kier molecular flexibility index (Phi) is 4.87. The Morgan fingerprint density at radius 2 is 2.04 bits per heavy atom. The van der Waals surface area contributed by atoms with Crippen molar-refractivity contribution in [3.8, 4) is 0 Å². The van der Waals surface area contributed by atoms with Crippen molar-refractivity contribution in [1.29, 1.82) is 0 Å². The summed E-state index contributed by atoms with van der Waals surface area (Å²) in [6, 6.07) is 7.55. The molecule has 7 heteroatoms. The molecule has 0 spiro atoms. The molecule has 23 heavy (non-hydrogen) atoms. The Morgan fingerprint density at radius 3 is 2.78 bits per heavy atom. The van der Waals surface area contributed by atoms with E-state index in [4.69, 9.17) is 0 Å². The number of aromatic nitrogens is 3. The maximum Gasteiger partial charge on any atom is 0.319 e. The predicted molar refractivity (Wildman–Crippen MR) is 86.0 cm³/mol. The van der Waals surface area contributed by atoms with Gasteiger partial charge in [0.15, 0.2) is 0 Å². The number of carbonyl (C=O) groups excluding carboxylic acids is 1. The minimum absolute atomic E-state index is 0.126. The van der Waals surface area contributed by atoms with E-state index >= 15 is 0 Å². The molecule has 3 rings (SSSR count). The lowest BCUT2D eigenvalue weighted by Crippen LogP contribution is -2.41. The van der Waals surface area contributed by atoms with E-state index in [-0.39, 0.29) is 18.2 Å². The summed E-state index contributed by atoms with van der Waals surface area (Å²) >= 11 is 0. The number of carbonyl (C=O) groups is 1. The van der Waals surface area contributed by atoms with Gasteiger partial charge in [0.05, 0.1) is 12.6 Å². The average Bonchev–Trinajstić information content (AvgIpc) is 3.05. The molecule has 1 saturated carbocycles. The highest BCUT2D eigenvalue weighted by Gasteiger charge is 2.21. The third-order valence-electron chi connectivity index (χ3n) is 4.10. The van der Waals surface area contributed by atoms with Crippen LogP contribution in [-0.4, -0.2) is 38.0 Å². The first-order valence-corrected chi connectivity index (χ1v) is 7.86. The number of rotatable bonds is 4. The number of hydrogen-bond acceptors (Lipinski definition) is 4. The molecular formula is C16H21N5O2. The van der Waals surface area contributed by atoms with E-state index in [1.165, 1.54) is 6.33 Å². The number of anilines is 1. The Morgan fingerprint density at radius 1 is 1.26 bits per heavy atom. The lowest BCUT2D eigenvalue weighted by molar-refractivity contribution is 0.118. The van der Waals surface area contributed by atoms with Crippen molar-refractivity contribution >= 4 is 11.7 Å². The van der Waals surface area contributed by atoms with Crippen LogP contribution in [0.4, 0.5) is 10.5 Å². The monoisotopic (exact) mass is 315 g/mol. The van der Waals surface area contributed by atoms with Crippen LogP contribution in [0.25, 0.3) is 0 Å². The van der Waals surface area contributed by atoms with Gasteiger partial charge in [0.2, 0.25) is 0 Å². The lowest BCUT2D eigenvalue weighted by Gasteiger charge is -2.26. The summed E-state index contributed by atoms with van der Waals surface area (Å²) < 4.78 is 1.71. The van der Waals surface area contributed by atoms with Gasteiger partial charge in [-0.2, -0.15) is 5.10 Å². The number of urea groups is 1. The van der Waals surface area contributed by atoms with Crippen LogP contribution < -0.4 is 10.6 Å². The number of amides is 2. The fourth-order valence-corrected chi connectivity index (χ4v) is 2.83. The fraction of sp³-hybridized carbons (Fsp3) is 0.438. The maximum absolute atomic E-state index is 12.2. The average molecular weight is 315 g/mol. The lowest BCUT2D eigenvalue weighted by atomic mass is 9.93. The summed E-state index contributed by atoms with van der Waals surface area (Å²) in [6.07, 6.45) is 6.02. The van der Waals surface area contributed by atoms with Crippen molar-refractivity contribution in [2.24, 2.45) is 0 Å². The van der Waals surface area contributed by atoms with Gasteiger partial charge in [0.25, 0.3) is 0 Å². The van der Waals surface area contributed by atoms with Crippen LogP contribution in [0.1, 0.15) is 31.2 Å². The van der Waals surface area contributed by atoms with Gasteiger partial charge in [-0.05, 0) is 37.3 Å². The Labute approximate surface area is 134 Å². The third kappa shape index (κ3) is 4.29. The first-order valence-electron chi connectivity index (χ1n) is 7.86. The summed E-state index contributed by atoms with van der Waals surface area (Å²) in [4.78, 5) is 16.1. The maximum atomic E-state index is 12.2. The van der Waals surface area contributed by atoms with Gasteiger partial charge in [-0.15, -0.1) is 0 Å². The molecular weight excluding hydrogens is 294 g/mol. The van der Waals surface area contributed by atoms with E-state index in [1.807, 2.05) is 24.3 Å². The molecule has 1 aliphatic rings. The molecule has 1 aliphatic carbocycles. The number of nitrogens with one attached hydrogen (secondary N) is 2. The molecule has 0 atom stereocenters. The Bertz CT molecular complexity index is 636. The highest BCUT2D eigenvalue weighted by molar-refractivity contribution is 5.90. The van der Waals surface area contributed by atoms with Gasteiger partial charge >= 0.3 is 6.03 Å². The zero-order chi connectivity index (χ0) is 16.1. The van der Waals surface area contributed by atoms with Crippen LogP contribution in [0.5, 0.6) is 0 Å². The molecule has 0 saturated heterocycles. The van der Waals surface area contributed by atoms with Crippen LogP contribution in [0.2, 0.25) is 0 Å². The molecule has 1 aromatic carbocycles. The number of hydrogen-bond donors (Lipinski definition) is 3. The van der Waals surface area contributed by atoms with Crippen molar-refractivity contribution in [3.63, 3.8) is 0 Å². The SMILES string of the molecule is O=C(Nc1ccccc1Cn1cncn1)NC1CCC(O)CC1. The van der Waals surface area contributed by atoms with Crippen molar-refractivity contribution in [1.82, 2.24) is 20.1 Å². The molecule has 0 unspecified atom stereocenters. The first-order chi connectivity index (χ1) is 11.2. The van der Waals surface area contributed by atoms with E-state index in [9.17, 15) is 9.90 Å². The highest BCUT2D eigenvalue weighted by atomic mass is 16.3. The first kappa shape index (κ1) is 15.5. The van der Waals surface area contributed by atoms with Crippen molar-refractivity contribution in [2.45, 2.75) is 44.4 Å². The zero-order valence-electron chi connectivity index (χ0n) is 12.9. The van der Waals surface area contributed by atoms with Gasteiger partial charge in [0.1, 0.15) is 12.7 Å². The van der Waals surface area contributed by atoms with Gasteiger partial charge in [0, 0.05) is 11.7 Å². The zero-order valence-corrected chi connectivity index (χ0v) is 12.9. The molecule has 0 radical (unpaired) electrons. The molecule has 1 heterocycles. The molecule has 3 N–H and O–H groups in total. The second-order valence-electron chi connectivity index (χ2n) is 5.85. The third-order valence-corrected chi connectivity index (χ3v) is 4.10. The molecule has 1 fully saturated rings. The van der Waals surface area contributed by atoms with E-state index in [2.05, 4.69) is 20.7 Å². The second-order valence-corrected chi connectivity index (χ2v) is 5.85. The molecule has 7 nitrogen and oxygen atoms in total. The van der Waals surface area contributed by atoms with Crippen LogP contribution in [-0.2, 0) is 6.54 Å². The normalized spacial score (nSPS) is 20.9. The predicted octanol–water partition coefficient (Wildman–Crippen LogP) is 1.75. The second kappa shape index (κ2) is 7.23. The van der Waals surface area contributed by atoms with Gasteiger partial charge in [-0.25, -0.2) is 14.5 Å². The Hall–Kier alpha value is -2.41. The van der Waals surface area contributed by atoms with E-state index < -0.39 is 0 Å². The van der Waals surface area contributed by atoms with Crippen LogP contribution >= 0.6 is 0 Å². The molecule has 2 aromatic rings. The quantitative estimate of drug-likeness (QED) is 0.801. The minimum Gasteiger partial charge on any atom is -0.393 e. The molecule has 122 valence electrons. The topological polar surface area (TPSA) is 92.1 Å². The summed E-state index contributed by atoms with van der Waals surface area (Å²) in [5.41, 5.74) is 1.73. The van der Waals surface area contributed by atoms with Crippen LogP contribution in [0, 0.1) is 0 Å². The fourth-order valence-electron chi connectivity index (χ4n) is 2.83. The summed E-state index contributed by atoms with van der Waals surface area (Å²) in [5, 5.41) is 19.5. The van der Waals surface area contributed by atoms with Gasteiger partial charge < -0.3 is 15.7 Å². The van der Waals surface area contributed by atoms with E-state index in [0.717, 1.165) is 36.9 Å². The van der Waals surface area contributed by atoms with Crippen LogP contribution in [0.3, 0.4) is 0 Å². The summed E-state index contributed by atoms with van der Waals surface area (Å²) in [7, 11) is 0. The van der Waals surface area contributed by atoms with E-state index in [0.29, 0.717) is 6.54 Å². The van der Waals surface area contributed by atoms with Crippen molar-refractivity contribution in [2.75, 3.05) is 5.32 Å². The van der Waals surface area contributed by atoms with Crippen molar-refractivity contribution in [3.05, 3.63) is 42.5 Å². The van der Waals surface area contributed by atoms with E-state index in [1.54, 1.807) is 11.0 Å². The summed E-state index contributed by atoms with van der Waals surface area (Å²) in [5.74, 6) is 0. The van der Waals surface area contributed by atoms with Crippen molar-refractivity contribution < 1.29 is 9.90 Å². The number of aliphatic hydroxyl groups is 1. The standard InChI is InChI=1S/C16H21N5O2/c22-14-7-5-13(6-8-14)19-16(23)20-15-4-2-1-3-12(15)9-21-11-17-10-18-21/h1-4,10-11,13-14,22H,5-9H2,(H2,19,20,23). The summed E-state index contributed by atoms with van der Waals surface area (Å²) in [6.45, 7) is 0.548. The van der Waals surface area contributed by atoms with Gasteiger partial charge in [-0.1, -0.05) is 18.2 Å². The smallest absolute Gasteiger partial charge is 0.319 e. The number of benzene rings is 1. The molecule has 0 aliphatic heterocycles. The van der Waals surface area contributed by atoms with Crippen LogP contribution in [0.15, 0.2) is 36.9 Å². The Balaban J connectivity index is 1.60. The largest absolute Gasteiger partial charge is 0.393 e. The number of nitrogens with zero attached hydrogens (tertiary/aromatic N) is 3. The molecule has 2 amide bonds.